The first kappa shape index (κ1) is 11.9. The van der Waals surface area contributed by atoms with Crippen LogP contribution in [0.3, 0.4) is 0 Å². The summed E-state index contributed by atoms with van der Waals surface area (Å²) in [5, 5.41) is 4.44. The first-order valence-corrected chi connectivity index (χ1v) is 6.36. The quantitative estimate of drug-likeness (QED) is 0.774. The lowest BCUT2D eigenvalue weighted by Crippen LogP contribution is -1.89. The van der Waals surface area contributed by atoms with Crippen molar-refractivity contribution in [2.75, 3.05) is 0 Å². The zero-order chi connectivity index (χ0) is 11.7. The molecule has 84 valence electrons. The van der Waals surface area contributed by atoms with E-state index in [9.17, 15) is 0 Å². The van der Waals surface area contributed by atoms with Crippen molar-refractivity contribution in [2.45, 2.75) is 20.3 Å². The van der Waals surface area contributed by atoms with Gasteiger partial charge in [0, 0.05) is 3.57 Å². The highest BCUT2D eigenvalue weighted by atomic mass is 127. The standard InChI is InChI=1S/C11H10ClIN2O/c1-3-7-4-8(10(12)9(13)5-7)11-14-6(2)15-16-11/h4-5H,3H2,1-2H3. The van der Waals surface area contributed by atoms with Crippen molar-refractivity contribution < 1.29 is 4.52 Å². The van der Waals surface area contributed by atoms with E-state index >= 15 is 0 Å². The molecule has 16 heavy (non-hydrogen) atoms. The number of aryl methyl sites for hydroxylation is 2. The molecule has 2 rings (SSSR count). The highest BCUT2D eigenvalue weighted by Gasteiger charge is 2.14. The lowest BCUT2D eigenvalue weighted by atomic mass is 10.1. The zero-order valence-corrected chi connectivity index (χ0v) is 11.8. The molecule has 0 amide bonds. The van der Waals surface area contributed by atoms with Gasteiger partial charge >= 0.3 is 0 Å². The molecule has 2 aromatic rings. The van der Waals surface area contributed by atoms with Crippen molar-refractivity contribution in [3.63, 3.8) is 0 Å². The molecule has 0 radical (unpaired) electrons. The Hall–Kier alpha value is -0.620. The number of benzene rings is 1. The minimum absolute atomic E-state index is 0.482. The van der Waals surface area contributed by atoms with E-state index in [4.69, 9.17) is 16.1 Å². The fraction of sp³-hybridized carbons (Fsp3) is 0.273. The molecule has 0 saturated carbocycles. The molecule has 5 heteroatoms. The van der Waals surface area contributed by atoms with E-state index in [0.29, 0.717) is 16.7 Å². The fourth-order valence-electron chi connectivity index (χ4n) is 1.41. The van der Waals surface area contributed by atoms with Crippen molar-refractivity contribution in [1.82, 2.24) is 10.1 Å². The summed E-state index contributed by atoms with van der Waals surface area (Å²) in [6.45, 7) is 3.89. The number of rotatable bonds is 2. The van der Waals surface area contributed by atoms with Gasteiger partial charge in [0.15, 0.2) is 5.82 Å². The van der Waals surface area contributed by atoms with Gasteiger partial charge in [-0.15, -0.1) is 0 Å². The Morgan fingerprint density at radius 1 is 1.44 bits per heavy atom. The molecule has 0 aliphatic carbocycles. The Labute approximate surface area is 112 Å². The number of hydrogen-bond donors (Lipinski definition) is 0. The third-order valence-electron chi connectivity index (χ3n) is 2.25. The summed E-state index contributed by atoms with van der Waals surface area (Å²) >= 11 is 8.44. The molecule has 0 N–H and O–H groups in total. The molecule has 0 saturated heterocycles. The van der Waals surface area contributed by atoms with E-state index < -0.39 is 0 Å². The van der Waals surface area contributed by atoms with Crippen LogP contribution in [0.1, 0.15) is 18.3 Å². The van der Waals surface area contributed by atoms with E-state index in [1.54, 1.807) is 6.92 Å². The summed E-state index contributed by atoms with van der Waals surface area (Å²) < 4.78 is 6.14. The van der Waals surface area contributed by atoms with Crippen LogP contribution in [-0.4, -0.2) is 10.1 Å². The van der Waals surface area contributed by atoms with E-state index in [-0.39, 0.29) is 0 Å². The number of halogens is 2. The normalized spacial score (nSPS) is 10.8. The van der Waals surface area contributed by atoms with Gasteiger partial charge in [0.25, 0.3) is 5.89 Å². The second-order valence-electron chi connectivity index (χ2n) is 3.44. The van der Waals surface area contributed by atoms with Gasteiger partial charge in [-0.2, -0.15) is 4.98 Å². The van der Waals surface area contributed by atoms with Crippen LogP contribution < -0.4 is 0 Å². The minimum atomic E-state index is 0.482. The monoisotopic (exact) mass is 348 g/mol. The third-order valence-corrected chi connectivity index (χ3v) is 3.83. The zero-order valence-electron chi connectivity index (χ0n) is 8.92. The van der Waals surface area contributed by atoms with Crippen LogP contribution in [0.4, 0.5) is 0 Å². The van der Waals surface area contributed by atoms with Gasteiger partial charge in [0.2, 0.25) is 0 Å². The Morgan fingerprint density at radius 2 is 2.19 bits per heavy atom. The average molecular weight is 349 g/mol. The van der Waals surface area contributed by atoms with Crippen molar-refractivity contribution in [2.24, 2.45) is 0 Å². The summed E-state index contributed by atoms with van der Waals surface area (Å²) in [7, 11) is 0. The first-order chi connectivity index (χ1) is 7.61. The van der Waals surface area contributed by atoms with Crippen LogP contribution >= 0.6 is 34.2 Å². The molecule has 1 aromatic carbocycles. The molecule has 1 heterocycles. The smallest absolute Gasteiger partial charge is 0.259 e. The lowest BCUT2D eigenvalue weighted by Gasteiger charge is -2.05. The number of aromatic nitrogens is 2. The molecule has 3 nitrogen and oxygen atoms in total. The van der Waals surface area contributed by atoms with Crippen LogP contribution in [-0.2, 0) is 6.42 Å². The van der Waals surface area contributed by atoms with Crippen molar-refractivity contribution in [3.8, 4) is 11.5 Å². The van der Waals surface area contributed by atoms with E-state index in [2.05, 4.69) is 45.7 Å². The molecule has 1 aromatic heterocycles. The first-order valence-electron chi connectivity index (χ1n) is 4.90. The highest BCUT2D eigenvalue weighted by Crippen LogP contribution is 2.32. The van der Waals surface area contributed by atoms with Gasteiger partial charge in [0.1, 0.15) is 0 Å². The highest BCUT2D eigenvalue weighted by molar-refractivity contribution is 14.1. The Bertz CT molecular complexity index is 525. The van der Waals surface area contributed by atoms with E-state index in [0.717, 1.165) is 15.6 Å². The van der Waals surface area contributed by atoms with Crippen LogP contribution in [0.5, 0.6) is 0 Å². The minimum Gasteiger partial charge on any atom is -0.334 e. The van der Waals surface area contributed by atoms with Crippen LogP contribution in [0, 0.1) is 10.5 Å². The maximum absolute atomic E-state index is 6.23. The van der Waals surface area contributed by atoms with Crippen LogP contribution in [0.25, 0.3) is 11.5 Å². The van der Waals surface area contributed by atoms with Crippen LogP contribution in [0.2, 0.25) is 5.02 Å². The Morgan fingerprint density at radius 3 is 2.75 bits per heavy atom. The van der Waals surface area contributed by atoms with Crippen molar-refractivity contribution in [3.05, 3.63) is 32.1 Å². The molecule has 0 aliphatic rings. The Balaban J connectivity index is 2.59. The molecule has 0 aliphatic heterocycles. The number of hydrogen-bond acceptors (Lipinski definition) is 3. The number of nitrogens with zero attached hydrogens (tertiary/aromatic N) is 2. The lowest BCUT2D eigenvalue weighted by molar-refractivity contribution is 0.425. The molecule has 0 spiro atoms. The molecule has 0 fully saturated rings. The molecule has 0 bridgehead atoms. The van der Waals surface area contributed by atoms with Gasteiger partial charge in [-0.05, 0) is 53.6 Å². The predicted octanol–water partition coefficient (Wildman–Crippen LogP) is 3.87. The summed E-state index contributed by atoms with van der Waals surface area (Å²) in [5.41, 5.74) is 2.02. The van der Waals surface area contributed by atoms with Crippen LogP contribution in [0.15, 0.2) is 16.7 Å². The van der Waals surface area contributed by atoms with Gasteiger partial charge in [-0.3, -0.25) is 0 Å². The van der Waals surface area contributed by atoms with Gasteiger partial charge in [0.05, 0.1) is 10.6 Å². The van der Waals surface area contributed by atoms with E-state index in [1.807, 2.05) is 6.07 Å². The van der Waals surface area contributed by atoms with Crippen molar-refractivity contribution in [1.29, 1.82) is 0 Å². The third kappa shape index (κ3) is 2.22. The maximum Gasteiger partial charge on any atom is 0.259 e. The molecular weight excluding hydrogens is 338 g/mol. The topological polar surface area (TPSA) is 38.9 Å². The second kappa shape index (κ2) is 4.71. The second-order valence-corrected chi connectivity index (χ2v) is 4.98. The average Bonchev–Trinajstić information content (AvgIpc) is 2.68. The molecule has 0 atom stereocenters. The summed E-state index contributed by atoms with van der Waals surface area (Å²) in [6, 6.07) is 4.06. The molecule has 0 unspecified atom stereocenters. The van der Waals surface area contributed by atoms with Gasteiger partial charge in [-0.25, -0.2) is 0 Å². The molecular formula is C11H10ClIN2O. The predicted molar refractivity (Wildman–Crippen MR) is 71.6 cm³/mol. The SMILES string of the molecule is CCc1cc(I)c(Cl)c(-c2nc(C)no2)c1. The van der Waals surface area contributed by atoms with Gasteiger partial charge < -0.3 is 4.52 Å². The largest absolute Gasteiger partial charge is 0.334 e. The fourth-order valence-corrected chi connectivity index (χ4v) is 2.29. The van der Waals surface area contributed by atoms with Crippen molar-refractivity contribution >= 4 is 34.2 Å². The van der Waals surface area contributed by atoms with E-state index in [1.165, 1.54) is 5.56 Å². The summed E-state index contributed by atoms with van der Waals surface area (Å²) in [4.78, 5) is 4.19. The summed E-state index contributed by atoms with van der Waals surface area (Å²) in [5.74, 6) is 1.10. The Kier molecular flexibility index (Phi) is 3.49. The van der Waals surface area contributed by atoms with Gasteiger partial charge in [-0.1, -0.05) is 23.7 Å². The maximum atomic E-state index is 6.23. The summed E-state index contributed by atoms with van der Waals surface area (Å²) in [6.07, 6.45) is 0.952.